The zero-order valence-electron chi connectivity index (χ0n) is 42.4. The van der Waals surface area contributed by atoms with E-state index in [2.05, 4.69) is 232 Å². The summed E-state index contributed by atoms with van der Waals surface area (Å²) in [4.78, 5) is 8.35. The maximum Gasteiger partial charge on any atom is 0.269 e. The van der Waals surface area contributed by atoms with Crippen molar-refractivity contribution in [2.45, 2.75) is 27.7 Å². The van der Waals surface area contributed by atoms with Crippen LogP contribution in [0.15, 0.2) is 218 Å². The average Bonchev–Trinajstić information content (AvgIpc) is 3.48. The van der Waals surface area contributed by atoms with E-state index in [-0.39, 0.29) is 0 Å². The van der Waals surface area contributed by atoms with Gasteiger partial charge in [-0.25, -0.2) is 9.97 Å². The standard InChI is InChI=1S/C72H48F2N2/c1-41-17-21-55-39-63(57-25-19-43(3)31-65(57)61(55)29-41)53-15-7-13-49(35-53)45-9-5-11-47(33-45)51-23-27-59-67(37-51)68-38-52(24-28-60(68)70-69(59)75-71(73)72(74)76-70)48-12-6-10-46(34-48)50-14-8-16-54(36-50)64-40-56-22-18-42(2)30-62(56)66-32-44(4)20-26-58(64)66/h5-40H,1-4H3. The molecule has 4 heteroatoms. The summed E-state index contributed by atoms with van der Waals surface area (Å²) in [6.07, 6.45) is 0. The third kappa shape index (κ3) is 7.67. The highest BCUT2D eigenvalue weighted by molar-refractivity contribution is 6.24. The molecule has 0 aliphatic carbocycles. The van der Waals surface area contributed by atoms with Gasteiger partial charge in [-0.05, 0) is 197 Å². The van der Waals surface area contributed by atoms with Gasteiger partial charge in [-0.1, -0.05) is 192 Å². The van der Waals surface area contributed by atoms with Gasteiger partial charge in [0.1, 0.15) is 11.0 Å². The first kappa shape index (κ1) is 45.3. The molecule has 0 aliphatic heterocycles. The van der Waals surface area contributed by atoms with Crippen LogP contribution in [0.3, 0.4) is 0 Å². The number of benzene rings is 13. The van der Waals surface area contributed by atoms with E-state index >= 15 is 8.78 Å². The molecule has 0 radical (unpaired) electrons. The van der Waals surface area contributed by atoms with Crippen LogP contribution >= 0.6 is 0 Å². The van der Waals surface area contributed by atoms with Crippen LogP contribution in [0.2, 0.25) is 0 Å². The van der Waals surface area contributed by atoms with Gasteiger partial charge in [-0.15, -0.1) is 0 Å². The first-order valence-corrected chi connectivity index (χ1v) is 25.9. The highest BCUT2D eigenvalue weighted by Gasteiger charge is 2.19. The Morgan fingerprint density at radius 2 is 0.526 bits per heavy atom. The molecule has 0 atom stereocenters. The predicted octanol–water partition coefficient (Wildman–Crippen LogP) is 20.1. The normalized spacial score (nSPS) is 11.8. The quantitative estimate of drug-likeness (QED) is 0.155. The van der Waals surface area contributed by atoms with E-state index in [0.29, 0.717) is 21.8 Å². The van der Waals surface area contributed by atoms with E-state index in [0.717, 1.165) is 66.4 Å². The number of halogens is 2. The second-order valence-electron chi connectivity index (χ2n) is 20.7. The summed E-state index contributed by atoms with van der Waals surface area (Å²) in [6, 6.07) is 78.8. The minimum atomic E-state index is -1.22. The van der Waals surface area contributed by atoms with Crippen molar-refractivity contribution in [2.24, 2.45) is 0 Å². The van der Waals surface area contributed by atoms with Crippen LogP contribution in [0.25, 0.3) is 142 Å². The van der Waals surface area contributed by atoms with Gasteiger partial charge in [-0.2, -0.15) is 8.78 Å². The minimum absolute atomic E-state index is 0.323. The highest BCUT2D eigenvalue weighted by Crippen LogP contribution is 2.42. The molecule has 1 heterocycles. The lowest BCUT2D eigenvalue weighted by Gasteiger charge is -2.15. The minimum Gasteiger partial charge on any atom is -0.213 e. The lowest BCUT2D eigenvalue weighted by Crippen LogP contribution is -1.98. The lowest BCUT2D eigenvalue weighted by atomic mass is 9.90. The van der Waals surface area contributed by atoms with Crippen molar-refractivity contribution in [1.29, 1.82) is 0 Å². The summed E-state index contributed by atoms with van der Waals surface area (Å²) in [5.41, 5.74) is 18.8. The number of hydrogen-bond donors (Lipinski definition) is 0. The van der Waals surface area contributed by atoms with E-state index in [1.54, 1.807) is 0 Å². The molecule has 0 amide bonds. The first-order chi connectivity index (χ1) is 37.1. The molecule has 2 nitrogen and oxygen atoms in total. The van der Waals surface area contributed by atoms with Crippen LogP contribution in [-0.2, 0) is 0 Å². The number of rotatable bonds is 6. The zero-order chi connectivity index (χ0) is 51.3. The largest absolute Gasteiger partial charge is 0.269 e. The monoisotopic (exact) mass is 978 g/mol. The molecule has 0 N–H and O–H groups in total. The number of hydrogen-bond acceptors (Lipinski definition) is 2. The predicted molar refractivity (Wildman–Crippen MR) is 316 cm³/mol. The van der Waals surface area contributed by atoms with Crippen molar-refractivity contribution in [3.63, 3.8) is 0 Å². The summed E-state index contributed by atoms with van der Waals surface area (Å²) in [5.74, 6) is -2.43. The Balaban J connectivity index is 0.862. The Kier molecular flexibility index (Phi) is 10.5. The second kappa shape index (κ2) is 17.6. The van der Waals surface area contributed by atoms with Crippen molar-refractivity contribution in [3.05, 3.63) is 253 Å². The van der Waals surface area contributed by atoms with Gasteiger partial charge >= 0.3 is 0 Å². The molecular weight excluding hydrogens is 931 g/mol. The molecule has 13 aromatic carbocycles. The van der Waals surface area contributed by atoms with Gasteiger partial charge in [0, 0.05) is 10.8 Å². The SMILES string of the molecule is Cc1ccc2cc(-c3cccc(-c4cccc(-c5ccc6c(c5)c5cc(-c7cccc(-c8cccc(-c9cc%10ccc(C)cc%10c%10cc(C)ccc9%10)c8)c7)ccc5c5nc(F)c(F)nc65)c4)c3)c3ccc(C)cc3c2c1. The number of nitrogens with zero attached hydrogens (tertiary/aromatic N) is 2. The zero-order valence-corrected chi connectivity index (χ0v) is 42.4. The molecule has 14 aromatic rings. The summed E-state index contributed by atoms with van der Waals surface area (Å²) >= 11 is 0. The summed E-state index contributed by atoms with van der Waals surface area (Å²) in [5, 5.41) is 13.1. The Morgan fingerprint density at radius 1 is 0.237 bits per heavy atom. The Morgan fingerprint density at radius 3 is 0.908 bits per heavy atom. The number of aryl methyl sites for hydroxylation is 4. The highest BCUT2D eigenvalue weighted by atomic mass is 19.2. The molecular formula is C72H48F2N2. The molecule has 0 unspecified atom stereocenters. The average molecular weight is 979 g/mol. The van der Waals surface area contributed by atoms with Crippen LogP contribution < -0.4 is 0 Å². The van der Waals surface area contributed by atoms with Gasteiger partial charge in [0.2, 0.25) is 0 Å². The van der Waals surface area contributed by atoms with Crippen LogP contribution in [0.5, 0.6) is 0 Å². The molecule has 1 aromatic heterocycles. The summed E-state index contributed by atoms with van der Waals surface area (Å²) < 4.78 is 30.1. The first-order valence-electron chi connectivity index (χ1n) is 25.9. The maximum atomic E-state index is 15.0. The van der Waals surface area contributed by atoms with E-state index in [9.17, 15) is 0 Å². The molecule has 0 bridgehead atoms. The van der Waals surface area contributed by atoms with Crippen molar-refractivity contribution < 1.29 is 8.78 Å². The van der Waals surface area contributed by atoms with E-state index < -0.39 is 11.9 Å². The number of aromatic nitrogens is 2. The van der Waals surface area contributed by atoms with Crippen molar-refractivity contribution in [1.82, 2.24) is 9.97 Å². The maximum absolute atomic E-state index is 15.0. The molecule has 360 valence electrons. The van der Waals surface area contributed by atoms with Crippen molar-refractivity contribution in [3.8, 4) is 66.8 Å². The number of fused-ring (bicyclic) bond motifs is 12. The lowest BCUT2D eigenvalue weighted by molar-refractivity contribution is 0.459. The van der Waals surface area contributed by atoms with Gasteiger partial charge in [0.25, 0.3) is 11.9 Å². The fourth-order valence-electron chi connectivity index (χ4n) is 11.8. The smallest absolute Gasteiger partial charge is 0.213 e. The van der Waals surface area contributed by atoms with Crippen molar-refractivity contribution >= 4 is 75.7 Å². The van der Waals surface area contributed by atoms with E-state index in [1.807, 2.05) is 24.3 Å². The molecule has 0 saturated carbocycles. The van der Waals surface area contributed by atoms with Crippen molar-refractivity contribution in [2.75, 3.05) is 0 Å². The van der Waals surface area contributed by atoms with Gasteiger partial charge < -0.3 is 0 Å². The van der Waals surface area contributed by atoms with Crippen LogP contribution in [0.1, 0.15) is 22.3 Å². The van der Waals surface area contributed by atoms with Crippen LogP contribution in [0.4, 0.5) is 8.78 Å². The van der Waals surface area contributed by atoms with E-state index in [4.69, 9.17) is 0 Å². The molecule has 0 fully saturated rings. The van der Waals surface area contributed by atoms with Crippen LogP contribution in [0, 0.1) is 39.6 Å². The van der Waals surface area contributed by atoms with Crippen LogP contribution in [-0.4, -0.2) is 9.97 Å². The third-order valence-corrected chi connectivity index (χ3v) is 15.6. The molecule has 0 spiro atoms. The summed E-state index contributed by atoms with van der Waals surface area (Å²) in [7, 11) is 0. The molecule has 14 rings (SSSR count). The third-order valence-electron chi connectivity index (χ3n) is 15.6. The van der Waals surface area contributed by atoms with Gasteiger partial charge in [-0.3, -0.25) is 0 Å². The topological polar surface area (TPSA) is 25.8 Å². The van der Waals surface area contributed by atoms with Gasteiger partial charge in [0.15, 0.2) is 0 Å². The Bertz CT molecular complexity index is 4480. The molecule has 0 aliphatic rings. The molecule has 76 heavy (non-hydrogen) atoms. The molecule has 0 saturated heterocycles. The Labute approximate surface area is 439 Å². The fraction of sp³-hybridized carbons (Fsp3) is 0.0556. The Hall–Kier alpha value is -9.38. The van der Waals surface area contributed by atoms with Gasteiger partial charge in [0.05, 0.1) is 0 Å². The summed E-state index contributed by atoms with van der Waals surface area (Å²) in [6.45, 7) is 8.62. The second-order valence-corrected chi connectivity index (χ2v) is 20.7. The fourth-order valence-corrected chi connectivity index (χ4v) is 11.8. The van der Waals surface area contributed by atoms with E-state index in [1.165, 1.54) is 76.5 Å².